The van der Waals surface area contributed by atoms with Gasteiger partial charge in [0, 0.05) is 6.61 Å². The summed E-state index contributed by atoms with van der Waals surface area (Å²) in [5.41, 5.74) is 3.81. The van der Waals surface area contributed by atoms with Crippen LogP contribution in [0.4, 0.5) is 0 Å². The molecule has 0 amide bonds. The predicted molar refractivity (Wildman–Crippen MR) is 169 cm³/mol. The molecule has 0 aromatic heterocycles. The van der Waals surface area contributed by atoms with E-state index in [9.17, 15) is 9.59 Å². The number of carbonyl (C=O) groups excluding carboxylic acids is 2. The highest BCUT2D eigenvalue weighted by Crippen LogP contribution is 2.26. The number of carbonyl (C=O) groups is 2. The van der Waals surface area contributed by atoms with Crippen LogP contribution in [0.1, 0.15) is 98.6 Å². The number of hydrogen-bond donors (Lipinski definition) is 0. The van der Waals surface area contributed by atoms with Crippen molar-refractivity contribution in [2.24, 2.45) is 5.92 Å². The average Bonchev–Trinajstić information content (AvgIpc) is 3.02. The van der Waals surface area contributed by atoms with Gasteiger partial charge in [0.25, 0.3) is 0 Å². The number of hydrogen-bond acceptors (Lipinski definition) is 6. The molecule has 6 nitrogen and oxygen atoms in total. The highest BCUT2D eigenvalue weighted by Gasteiger charge is 2.28. The van der Waals surface area contributed by atoms with Crippen molar-refractivity contribution >= 4 is 25.8 Å². The molecule has 2 aromatic rings. The Kier molecular flexibility index (Phi) is 14.9. The van der Waals surface area contributed by atoms with Gasteiger partial charge in [-0.05, 0) is 90.7 Å². The summed E-state index contributed by atoms with van der Waals surface area (Å²) in [6, 6.07) is 16.7. The second kappa shape index (κ2) is 17.8. The standard InChI is InChI=1S/C34H50O6Si/c1-8-26(21-22-40-41(10-3,11-4)12-5)15-13-17-28(9-2)29-18-14-16-27(23-29)25-39-30-19-20-31(33(35)37-6)32(24-30)34(36)38-7/h14,16-20,23-24,26H,8-13,15,21-22,25H2,1-7H3/b28-17+. The Morgan fingerprint density at radius 3 is 2.15 bits per heavy atom. The molecule has 0 aliphatic carbocycles. The van der Waals surface area contributed by atoms with Gasteiger partial charge in [0.15, 0.2) is 8.32 Å². The van der Waals surface area contributed by atoms with Gasteiger partial charge < -0.3 is 18.6 Å². The lowest BCUT2D eigenvalue weighted by Gasteiger charge is -2.29. The van der Waals surface area contributed by atoms with E-state index in [1.807, 2.05) is 6.07 Å². The summed E-state index contributed by atoms with van der Waals surface area (Å²) >= 11 is 0. The molecule has 0 heterocycles. The first-order valence-electron chi connectivity index (χ1n) is 15.2. The van der Waals surface area contributed by atoms with Gasteiger partial charge in [-0.3, -0.25) is 0 Å². The summed E-state index contributed by atoms with van der Waals surface area (Å²) in [5, 5.41) is 0. The topological polar surface area (TPSA) is 71.1 Å². The minimum Gasteiger partial charge on any atom is -0.489 e. The first kappa shape index (κ1) is 34.3. The van der Waals surface area contributed by atoms with Crippen LogP contribution in [-0.4, -0.2) is 41.1 Å². The minimum atomic E-state index is -1.51. The summed E-state index contributed by atoms with van der Waals surface area (Å²) in [5.74, 6) is -0.0654. The van der Waals surface area contributed by atoms with Gasteiger partial charge in [0.2, 0.25) is 0 Å². The molecule has 41 heavy (non-hydrogen) atoms. The maximum Gasteiger partial charge on any atom is 0.338 e. The number of methoxy groups -OCH3 is 2. The number of ether oxygens (including phenoxy) is 3. The summed E-state index contributed by atoms with van der Waals surface area (Å²) in [4.78, 5) is 24.3. The molecule has 0 aliphatic heterocycles. The van der Waals surface area contributed by atoms with E-state index in [-0.39, 0.29) is 11.1 Å². The van der Waals surface area contributed by atoms with Crippen LogP contribution < -0.4 is 4.74 Å². The summed E-state index contributed by atoms with van der Waals surface area (Å²) in [7, 11) is 1.04. The molecule has 0 saturated carbocycles. The van der Waals surface area contributed by atoms with Crippen LogP contribution in [0.15, 0.2) is 48.5 Å². The SMILES string of the molecule is CC/C(=C\CCC(CC)CCO[Si](CC)(CC)CC)c1cccc(COc2ccc(C(=O)OC)c(C(=O)OC)c2)c1. The Bertz CT molecular complexity index is 1130. The van der Waals surface area contributed by atoms with Crippen molar-refractivity contribution in [1.82, 2.24) is 0 Å². The molecule has 7 heteroatoms. The van der Waals surface area contributed by atoms with Crippen molar-refractivity contribution in [2.75, 3.05) is 20.8 Å². The smallest absolute Gasteiger partial charge is 0.338 e. The van der Waals surface area contributed by atoms with Gasteiger partial charge in [-0.2, -0.15) is 0 Å². The van der Waals surface area contributed by atoms with E-state index in [2.05, 4.69) is 58.9 Å². The zero-order valence-corrected chi connectivity index (χ0v) is 27.2. The molecule has 2 aromatic carbocycles. The normalized spacial score (nSPS) is 12.6. The van der Waals surface area contributed by atoms with Crippen molar-refractivity contribution in [3.05, 3.63) is 70.8 Å². The molecule has 1 atom stereocenters. The molecule has 0 spiro atoms. The van der Waals surface area contributed by atoms with E-state index in [0.717, 1.165) is 31.4 Å². The molecule has 0 radical (unpaired) electrons. The molecule has 0 aliphatic rings. The van der Waals surface area contributed by atoms with Crippen LogP contribution in [0.3, 0.4) is 0 Å². The highest BCUT2D eigenvalue weighted by atomic mass is 28.4. The molecule has 0 fully saturated rings. The van der Waals surface area contributed by atoms with Crippen LogP contribution in [0, 0.1) is 5.92 Å². The van der Waals surface area contributed by atoms with Gasteiger partial charge in [0.05, 0.1) is 25.3 Å². The van der Waals surface area contributed by atoms with Gasteiger partial charge in [-0.1, -0.05) is 65.3 Å². The van der Waals surface area contributed by atoms with Crippen molar-refractivity contribution in [1.29, 1.82) is 0 Å². The zero-order valence-electron chi connectivity index (χ0n) is 26.2. The van der Waals surface area contributed by atoms with E-state index >= 15 is 0 Å². The van der Waals surface area contributed by atoms with Gasteiger partial charge in [-0.15, -0.1) is 0 Å². The van der Waals surface area contributed by atoms with Crippen LogP contribution in [0.5, 0.6) is 5.75 Å². The summed E-state index contributed by atoms with van der Waals surface area (Å²) in [6.45, 7) is 12.6. The lowest BCUT2D eigenvalue weighted by Crippen LogP contribution is -2.36. The number of allylic oxidation sites excluding steroid dienone is 2. The molecule has 0 saturated heterocycles. The van der Waals surface area contributed by atoms with Crippen LogP contribution in [0.25, 0.3) is 5.57 Å². The first-order valence-corrected chi connectivity index (χ1v) is 17.7. The fraction of sp³-hybridized carbons (Fsp3) is 0.529. The fourth-order valence-electron chi connectivity index (χ4n) is 5.22. The second-order valence-electron chi connectivity index (χ2n) is 10.5. The lowest BCUT2D eigenvalue weighted by atomic mass is 9.94. The van der Waals surface area contributed by atoms with Gasteiger partial charge in [-0.25, -0.2) is 9.59 Å². The van der Waals surface area contributed by atoms with Gasteiger partial charge in [0.1, 0.15) is 12.4 Å². The van der Waals surface area contributed by atoms with Gasteiger partial charge >= 0.3 is 11.9 Å². The zero-order chi connectivity index (χ0) is 30.3. The van der Waals surface area contributed by atoms with Crippen molar-refractivity contribution in [3.63, 3.8) is 0 Å². The third kappa shape index (κ3) is 10.2. The van der Waals surface area contributed by atoms with E-state index in [1.165, 1.54) is 68.5 Å². The quantitative estimate of drug-likeness (QED) is 0.129. The van der Waals surface area contributed by atoms with Crippen LogP contribution in [0.2, 0.25) is 18.1 Å². The second-order valence-corrected chi connectivity index (χ2v) is 15.3. The third-order valence-electron chi connectivity index (χ3n) is 8.30. The molecular weight excluding hydrogens is 532 g/mol. The van der Waals surface area contributed by atoms with E-state index < -0.39 is 20.3 Å². The maximum absolute atomic E-state index is 12.2. The lowest BCUT2D eigenvalue weighted by molar-refractivity contribution is 0.0555. The van der Waals surface area contributed by atoms with E-state index in [4.69, 9.17) is 18.6 Å². The van der Waals surface area contributed by atoms with Crippen LogP contribution >= 0.6 is 0 Å². The molecule has 0 N–H and O–H groups in total. The Labute approximate surface area is 248 Å². The first-order chi connectivity index (χ1) is 19.8. The monoisotopic (exact) mass is 582 g/mol. The third-order valence-corrected chi connectivity index (χ3v) is 13.0. The Balaban J connectivity index is 2.02. The number of esters is 2. The van der Waals surface area contributed by atoms with Crippen molar-refractivity contribution in [3.8, 4) is 5.75 Å². The molecule has 1 unspecified atom stereocenters. The molecular formula is C34H50O6Si. The highest BCUT2D eigenvalue weighted by molar-refractivity contribution is 6.73. The van der Waals surface area contributed by atoms with Crippen molar-refractivity contribution in [2.45, 2.75) is 91.5 Å². The summed E-state index contributed by atoms with van der Waals surface area (Å²) in [6.07, 6.45) is 7.91. The largest absolute Gasteiger partial charge is 0.489 e. The average molecular weight is 583 g/mol. The Hall–Kier alpha value is -2.90. The fourth-order valence-corrected chi connectivity index (χ4v) is 7.88. The molecule has 226 valence electrons. The predicted octanol–water partition coefficient (Wildman–Crippen LogP) is 8.85. The maximum atomic E-state index is 12.2. The summed E-state index contributed by atoms with van der Waals surface area (Å²) < 4.78 is 22.1. The molecule has 0 bridgehead atoms. The Morgan fingerprint density at radius 2 is 1.54 bits per heavy atom. The number of benzene rings is 2. The van der Waals surface area contributed by atoms with E-state index in [0.29, 0.717) is 18.3 Å². The molecule has 2 rings (SSSR count). The van der Waals surface area contributed by atoms with Crippen LogP contribution in [-0.2, 0) is 20.5 Å². The van der Waals surface area contributed by atoms with Crippen molar-refractivity contribution < 1.29 is 28.2 Å². The number of rotatable bonds is 18. The minimum absolute atomic E-state index is 0.112. The Morgan fingerprint density at radius 1 is 0.854 bits per heavy atom. The van der Waals surface area contributed by atoms with E-state index in [1.54, 1.807) is 6.07 Å².